The normalized spacial score (nSPS) is 20.3. The second kappa shape index (κ2) is 10.8. The van der Waals surface area contributed by atoms with Gasteiger partial charge < -0.3 is 14.8 Å². The van der Waals surface area contributed by atoms with E-state index in [2.05, 4.69) is 10.4 Å². The van der Waals surface area contributed by atoms with Gasteiger partial charge in [-0.15, -0.1) is 0 Å². The van der Waals surface area contributed by atoms with Crippen molar-refractivity contribution in [1.29, 1.82) is 0 Å². The summed E-state index contributed by atoms with van der Waals surface area (Å²) in [4.78, 5) is 13.0. The number of ether oxygens (including phenoxy) is 2. The highest BCUT2D eigenvalue weighted by Crippen LogP contribution is 2.32. The van der Waals surface area contributed by atoms with Crippen LogP contribution in [0.25, 0.3) is 0 Å². The fourth-order valence-electron chi connectivity index (χ4n) is 4.37. The minimum atomic E-state index is -3.77. The maximum absolute atomic E-state index is 13.2. The van der Waals surface area contributed by atoms with Crippen molar-refractivity contribution in [3.63, 3.8) is 0 Å². The van der Waals surface area contributed by atoms with E-state index in [0.29, 0.717) is 42.6 Å². The molecule has 0 radical (unpaired) electrons. The van der Waals surface area contributed by atoms with E-state index in [0.717, 1.165) is 19.4 Å². The van der Waals surface area contributed by atoms with E-state index in [9.17, 15) is 13.2 Å². The number of nitrogens with zero attached hydrogens (tertiary/aromatic N) is 3. The van der Waals surface area contributed by atoms with Crippen molar-refractivity contribution in [3.8, 4) is 5.75 Å². The smallest absolute Gasteiger partial charge is 0.287 e. The molecule has 2 fully saturated rings. The quantitative estimate of drug-likeness (QED) is 0.584. The van der Waals surface area contributed by atoms with Crippen molar-refractivity contribution in [2.75, 3.05) is 45.3 Å². The van der Waals surface area contributed by atoms with Gasteiger partial charge in [-0.25, -0.2) is 13.1 Å². The zero-order valence-corrected chi connectivity index (χ0v) is 21.2. The van der Waals surface area contributed by atoms with Crippen LogP contribution in [0.1, 0.15) is 31.7 Å². The van der Waals surface area contributed by atoms with Gasteiger partial charge in [0.1, 0.15) is 15.7 Å². The van der Waals surface area contributed by atoms with E-state index >= 15 is 0 Å². The van der Waals surface area contributed by atoms with Gasteiger partial charge in [-0.2, -0.15) is 9.40 Å². The van der Waals surface area contributed by atoms with Crippen molar-refractivity contribution in [2.45, 2.75) is 36.6 Å². The Kier molecular flexibility index (Phi) is 8.04. The van der Waals surface area contributed by atoms with E-state index in [1.807, 2.05) is 0 Å². The number of anilines is 1. The van der Waals surface area contributed by atoms with Crippen LogP contribution in [0.5, 0.6) is 5.75 Å². The van der Waals surface area contributed by atoms with Crippen LogP contribution in [0.15, 0.2) is 34.1 Å². The summed E-state index contributed by atoms with van der Waals surface area (Å²) in [6, 6.07) is 4.19. The maximum Gasteiger partial charge on any atom is 0.287 e. The average Bonchev–Trinajstić information content (AvgIpc) is 2.85. The highest BCUT2D eigenvalue weighted by molar-refractivity contribution is 7.89. The van der Waals surface area contributed by atoms with Gasteiger partial charge in [-0.3, -0.25) is 4.79 Å². The summed E-state index contributed by atoms with van der Waals surface area (Å²) in [5, 5.41) is 8.03. The molecule has 0 aliphatic carbocycles. The summed E-state index contributed by atoms with van der Waals surface area (Å²) in [6.45, 7) is 2.63. The molecule has 3 heterocycles. The lowest BCUT2D eigenvalue weighted by Gasteiger charge is -2.32. The summed E-state index contributed by atoms with van der Waals surface area (Å²) in [7, 11) is -2.37. The van der Waals surface area contributed by atoms with Crippen molar-refractivity contribution in [3.05, 3.63) is 44.8 Å². The van der Waals surface area contributed by atoms with Gasteiger partial charge in [0.25, 0.3) is 5.56 Å². The highest BCUT2D eigenvalue weighted by Gasteiger charge is 2.33. The average molecular weight is 531 g/mol. The SMILES string of the molecule is COc1cc(Cl)ccc1S(=O)(=O)N1CCC(n2ncc(NC[C@H]3CCCOC3)c(Cl)c2=O)CC1. The number of halogens is 2. The number of benzene rings is 1. The fourth-order valence-corrected chi connectivity index (χ4v) is 6.34. The molecule has 1 aromatic heterocycles. The zero-order valence-electron chi connectivity index (χ0n) is 18.9. The van der Waals surface area contributed by atoms with Gasteiger partial charge in [0, 0.05) is 37.3 Å². The van der Waals surface area contributed by atoms with Gasteiger partial charge in [-0.05, 0) is 43.7 Å². The number of rotatable bonds is 7. The largest absolute Gasteiger partial charge is 0.495 e. The third-order valence-electron chi connectivity index (χ3n) is 6.29. The number of sulfonamides is 1. The van der Waals surface area contributed by atoms with Crippen LogP contribution < -0.4 is 15.6 Å². The molecule has 0 unspecified atom stereocenters. The van der Waals surface area contributed by atoms with Crippen molar-refractivity contribution < 1.29 is 17.9 Å². The molecule has 2 aromatic rings. The number of hydrogen-bond donors (Lipinski definition) is 1. The second-order valence-electron chi connectivity index (χ2n) is 8.52. The molecule has 4 rings (SSSR count). The number of aromatic nitrogens is 2. The first-order chi connectivity index (χ1) is 16.3. The van der Waals surface area contributed by atoms with Crippen LogP contribution in [0, 0.1) is 5.92 Å². The minimum absolute atomic E-state index is 0.0648. The molecular weight excluding hydrogens is 503 g/mol. The van der Waals surface area contributed by atoms with Crippen LogP contribution in [-0.2, 0) is 14.8 Å². The third-order valence-corrected chi connectivity index (χ3v) is 8.83. The Labute approximate surface area is 209 Å². The number of hydrogen-bond acceptors (Lipinski definition) is 7. The first-order valence-electron chi connectivity index (χ1n) is 11.2. The Hall–Kier alpha value is -1.85. The van der Waals surface area contributed by atoms with Gasteiger partial charge >= 0.3 is 0 Å². The molecule has 1 aromatic carbocycles. The molecule has 1 N–H and O–H groups in total. The summed E-state index contributed by atoms with van der Waals surface area (Å²) < 4.78 is 39.8. The molecule has 2 aliphatic heterocycles. The topological polar surface area (TPSA) is 103 Å². The molecule has 2 saturated heterocycles. The fraction of sp³-hybridized carbons (Fsp3) is 0.545. The molecule has 0 bridgehead atoms. The molecule has 9 nitrogen and oxygen atoms in total. The van der Waals surface area contributed by atoms with Crippen LogP contribution >= 0.6 is 23.2 Å². The number of methoxy groups -OCH3 is 1. The summed E-state index contributed by atoms with van der Waals surface area (Å²) >= 11 is 12.3. The van der Waals surface area contributed by atoms with Crippen LogP contribution in [0.4, 0.5) is 5.69 Å². The summed E-state index contributed by atoms with van der Waals surface area (Å²) in [6.07, 6.45) is 4.53. The first-order valence-corrected chi connectivity index (χ1v) is 13.4. The Balaban J connectivity index is 1.43. The molecule has 12 heteroatoms. The van der Waals surface area contributed by atoms with E-state index in [-0.39, 0.29) is 40.4 Å². The Bertz CT molecular complexity index is 1180. The van der Waals surface area contributed by atoms with Crippen LogP contribution in [-0.4, -0.2) is 62.5 Å². The first kappa shape index (κ1) is 25.2. The molecule has 0 saturated carbocycles. The molecule has 0 spiro atoms. The number of nitrogens with one attached hydrogen (secondary N) is 1. The third kappa shape index (κ3) is 5.36. The predicted molar refractivity (Wildman–Crippen MR) is 131 cm³/mol. The van der Waals surface area contributed by atoms with Crippen molar-refractivity contribution >= 4 is 38.9 Å². The van der Waals surface area contributed by atoms with E-state index in [1.165, 1.54) is 34.3 Å². The lowest BCUT2D eigenvalue weighted by molar-refractivity contribution is 0.0595. The molecule has 1 atom stereocenters. The highest BCUT2D eigenvalue weighted by atomic mass is 35.5. The van der Waals surface area contributed by atoms with Gasteiger partial charge in [-0.1, -0.05) is 23.2 Å². The molecular formula is C22H28Cl2N4O5S. The van der Waals surface area contributed by atoms with Crippen LogP contribution in [0.2, 0.25) is 10.0 Å². The van der Waals surface area contributed by atoms with Crippen molar-refractivity contribution in [1.82, 2.24) is 14.1 Å². The summed E-state index contributed by atoms with van der Waals surface area (Å²) in [5.41, 5.74) is 0.121. The minimum Gasteiger partial charge on any atom is -0.495 e. The van der Waals surface area contributed by atoms with Crippen LogP contribution in [0.3, 0.4) is 0 Å². The molecule has 0 amide bonds. The Morgan fingerprint density at radius 2 is 2.00 bits per heavy atom. The lowest BCUT2D eigenvalue weighted by atomic mass is 10.0. The Morgan fingerprint density at radius 3 is 2.68 bits per heavy atom. The Morgan fingerprint density at radius 1 is 1.24 bits per heavy atom. The lowest BCUT2D eigenvalue weighted by Crippen LogP contribution is -2.41. The monoisotopic (exact) mass is 530 g/mol. The molecule has 2 aliphatic rings. The maximum atomic E-state index is 13.2. The van der Waals surface area contributed by atoms with Gasteiger partial charge in [0.2, 0.25) is 10.0 Å². The summed E-state index contributed by atoms with van der Waals surface area (Å²) in [5.74, 6) is 0.569. The van der Waals surface area contributed by atoms with E-state index < -0.39 is 10.0 Å². The van der Waals surface area contributed by atoms with Gasteiger partial charge in [0.15, 0.2) is 0 Å². The number of piperidine rings is 1. The van der Waals surface area contributed by atoms with E-state index in [4.69, 9.17) is 32.7 Å². The zero-order chi connectivity index (χ0) is 24.3. The molecule has 34 heavy (non-hydrogen) atoms. The van der Waals surface area contributed by atoms with E-state index in [1.54, 1.807) is 6.20 Å². The van der Waals surface area contributed by atoms with Gasteiger partial charge in [0.05, 0.1) is 31.6 Å². The molecule has 186 valence electrons. The predicted octanol–water partition coefficient (Wildman–Crippen LogP) is 3.42. The standard InChI is InChI=1S/C22H28Cl2N4O5S/c1-32-19-11-16(23)4-5-20(19)34(30,31)27-8-6-17(7-9-27)28-22(29)21(24)18(13-26-28)25-12-15-3-2-10-33-14-15/h4-5,11,13,15,17,25H,2-3,6-10,12,14H2,1H3/t15-/m1/s1. The second-order valence-corrected chi connectivity index (χ2v) is 11.2. The van der Waals surface area contributed by atoms with Crippen molar-refractivity contribution in [2.24, 2.45) is 5.92 Å².